The van der Waals surface area contributed by atoms with Gasteiger partial charge >= 0.3 is 0 Å². The SMILES string of the molecule is CCNC(=NCc1ccc(OC)c(F)c1)NCCC(O)c1ccccc1.I. The van der Waals surface area contributed by atoms with Crippen molar-refractivity contribution in [2.45, 2.75) is 26.0 Å². The Morgan fingerprint density at radius 3 is 2.56 bits per heavy atom. The molecule has 0 aliphatic carbocycles. The van der Waals surface area contributed by atoms with Gasteiger partial charge in [0.2, 0.25) is 0 Å². The van der Waals surface area contributed by atoms with E-state index in [4.69, 9.17) is 4.74 Å². The third-order valence-corrected chi connectivity index (χ3v) is 3.87. The second-order valence-corrected chi connectivity index (χ2v) is 5.81. The number of aliphatic hydroxyl groups excluding tert-OH is 1. The van der Waals surface area contributed by atoms with E-state index in [2.05, 4.69) is 15.6 Å². The Morgan fingerprint density at radius 2 is 1.93 bits per heavy atom. The zero-order valence-corrected chi connectivity index (χ0v) is 17.9. The number of aliphatic hydroxyl groups is 1. The quantitative estimate of drug-likeness (QED) is 0.302. The molecular formula is C20H27FIN3O2. The summed E-state index contributed by atoms with van der Waals surface area (Å²) in [7, 11) is 1.44. The van der Waals surface area contributed by atoms with Gasteiger partial charge in [0.15, 0.2) is 17.5 Å². The van der Waals surface area contributed by atoms with Gasteiger partial charge in [0.25, 0.3) is 0 Å². The van der Waals surface area contributed by atoms with Gasteiger partial charge in [-0.05, 0) is 36.6 Å². The average molecular weight is 487 g/mol. The number of hydrogen-bond acceptors (Lipinski definition) is 3. The van der Waals surface area contributed by atoms with Gasteiger partial charge in [0, 0.05) is 13.1 Å². The molecule has 0 fully saturated rings. The van der Waals surface area contributed by atoms with Gasteiger partial charge in [-0.3, -0.25) is 0 Å². The lowest BCUT2D eigenvalue weighted by atomic mass is 10.1. The molecule has 0 aliphatic heterocycles. The molecule has 2 rings (SSSR count). The summed E-state index contributed by atoms with van der Waals surface area (Å²) in [5.74, 6) is 0.450. The zero-order valence-electron chi connectivity index (χ0n) is 15.6. The van der Waals surface area contributed by atoms with Gasteiger partial charge in [-0.15, -0.1) is 24.0 Å². The largest absolute Gasteiger partial charge is 0.494 e. The highest BCUT2D eigenvalue weighted by Gasteiger charge is 2.07. The van der Waals surface area contributed by atoms with Crippen LogP contribution in [0.25, 0.3) is 0 Å². The molecule has 0 amide bonds. The molecule has 2 aromatic rings. The van der Waals surface area contributed by atoms with E-state index < -0.39 is 11.9 Å². The molecule has 27 heavy (non-hydrogen) atoms. The van der Waals surface area contributed by atoms with E-state index >= 15 is 0 Å². The molecule has 0 saturated carbocycles. The van der Waals surface area contributed by atoms with E-state index in [1.54, 1.807) is 12.1 Å². The Balaban J connectivity index is 0.00000364. The minimum absolute atomic E-state index is 0. The third kappa shape index (κ3) is 7.72. The number of nitrogens with one attached hydrogen (secondary N) is 2. The predicted molar refractivity (Wildman–Crippen MR) is 117 cm³/mol. The van der Waals surface area contributed by atoms with Crippen molar-refractivity contribution in [1.29, 1.82) is 0 Å². The van der Waals surface area contributed by atoms with E-state index in [1.165, 1.54) is 13.2 Å². The van der Waals surface area contributed by atoms with E-state index in [0.717, 1.165) is 11.1 Å². The number of nitrogens with zero attached hydrogens (tertiary/aromatic N) is 1. The molecule has 0 saturated heterocycles. The summed E-state index contributed by atoms with van der Waals surface area (Å²) in [5, 5.41) is 16.5. The van der Waals surface area contributed by atoms with Crippen molar-refractivity contribution in [3.05, 3.63) is 65.5 Å². The number of methoxy groups -OCH3 is 1. The highest BCUT2D eigenvalue weighted by atomic mass is 127. The van der Waals surface area contributed by atoms with Crippen LogP contribution in [0.3, 0.4) is 0 Å². The van der Waals surface area contributed by atoms with Crippen LogP contribution in [0, 0.1) is 5.82 Å². The molecule has 0 bridgehead atoms. The average Bonchev–Trinajstić information content (AvgIpc) is 2.66. The van der Waals surface area contributed by atoms with Crippen molar-refractivity contribution >= 4 is 29.9 Å². The van der Waals surface area contributed by atoms with Crippen LogP contribution in [0.2, 0.25) is 0 Å². The number of hydrogen-bond donors (Lipinski definition) is 3. The van der Waals surface area contributed by atoms with Crippen molar-refractivity contribution in [3.8, 4) is 5.75 Å². The smallest absolute Gasteiger partial charge is 0.191 e. The first-order valence-corrected chi connectivity index (χ1v) is 8.71. The van der Waals surface area contributed by atoms with E-state index in [-0.39, 0.29) is 29.7 Å². The van der Waals surface area contributed by atoms with Gasteiger partial charge in [-0.2, -0.15) is 0 Å². The van der Waals surface area contributed by atoms with E-state index in [1.807, 2.05) is 37.3 Å². The maximum Gasteiger partial charge on any atom is 0.191 e. The van der Waals surface area contributed by atoms with Crippen LogP contribution in [0.4, 0.5) is 4.39 Å². The third-order valence-electron chi connectivity index (χ3n) is 3.87. The highest BCUT2D eigenvalue weighted by Crippen LogP contribution is 2.18. The standard InChI is InChI=1S/C20H26FN3O2.HI/c1-3-22-20(23-12-11-18(25)16-7-5-4-6-8-16)24-14-15-9-10-19(26-2)17(21)13-15;/h4-10,13,18,25H,3,11-12,14H2,1-2H3,(H2,22,23,24);1H. The minimum atomic E-state index is -0.526. The molecule has 2 aromatic carbocycles. The minimum Gasteiger partial charge on any atom is -0.494 e. The summed E-state index contributed by atoms with van der Waals surface area (Å²) in [5.41, 5.74) is 1.65. The molecule has 1 atom stereocenters. The van der Waals surface area contributed by atoms with Gasteiger partial charge < -0.3 is 20.5 Å². The molecule has 0 radical (unpaired) electrons. The summed E-state index contributed by atoms with van der Waals surface area (Å²) in [6.07, 6.45) is 0.0354. The summed E-state index contributed by atoms with van der Waals surface area (Å²) in [6.45, 7) is 3.60. The van der Waals surface area contributed by atoms with Crippen LogP contribution < -0.4 is 15.4 Å². The summed E-state index contributed by atoms with van der Waals surface area (Å²) < 4.78 is 18.7. The van der Waals surface area contributed by atoms with Crippen LogP contribution in [-0.2, 0) is 6.54 Å². The molecule has 5 nitrogen and oxygen atoms in total. The Kier molecular flexibility index (Phi) is 10.7. The van der Waals surface area contributed by atoms with Crippen LogP contribution in [0.5, 0.6) is 5.75 Å². The number of benzene rings is 2. The van der Waals surface area contributed by atoms with Crippen LogP contribution in [0.15, 0.2) is 53.5 Å². The number of rotatable bonds is 8. The van der Waals surface area contributed by atoms with E-state index in [9.17, 15) is 9.50 Å². The fraction of sp³-hybridized carbons (Fsp3) is 0.350. The number of aliphatic imine (C=N–C) groups is 1. The van der Waals surface area contributed by atoms with Crippen molar-refractivity contribution in [1.82, 2.24) is 10.6 Å². The molecule has 0 aromatic heterocycles. The lowest BCUT2D eigenvalue weighted by Gasteiger charge is -2.14. The fourth-order valence-electron chi connectivity index (χ4n) is 2.49. The van der Waals surface area contributed by atoms with E-state index in [0.29, 0.717) is 32.0 Å². The molecule has 1 unspecified atom stereocenters. The highest BCUT2D eigenvalue weighted by molar-refractivity contribution is 14.0. The molecular weight excluding hydrogens is 460 g/mol. The van der Waals surface area contributed by atoms with Gasteiger partial charge in [0.1, 0.15) is 0 Å². The molecule has 3 N–H and O–H groups in total. The van der Waals surface area contributed by atoms with Crippen molar-refractivity contribution in [2.75, 3.05) is 20.2 Å². The monoisotopic (exact) mass is 487 g/mol. The second-order valence-electron chi connectivity index (χ2n) is 5.81. The first-order valence-electron chi connectivity index (χ1n) is 8.71. The van der Waals surface area contributed by atoms with Gasteiger partial charge in [-0.25, -0.2) is 9.38 Å². The second kappa shape index (κ2) is 12.5. The lowest BCUT2D eigenvalue weighted by Crippen LogP contribution is -2.38. The molecule has 0 aliphatic rings. The molecule has 0 heterocycles. The number of halogens is 2. The summed E-state index contributed by atoms with van der Waals surface area (Å²) in [6, 6.07) is 14.4. The summed E-state index contributed by atoms with van der Waals surface area (Å²) >= 11 is 0. The van der Waals surface area contributed by atoms with Gasteiger partial charge in [-0.1, -0.05) is 36.4 Å². The first kappa shape index (κ1) is 23.2. The van der Waals surface area contributed by atoms with Crippen LogP contribution in [0.1, 0.15) is 30.6 Å². The fourth-order valence-corrected chi connectivity index (χ4v) is 2.49. The van der Waals surface area contributed by atoms with Gasteiger partial charge in [0.05, 0.1) is 19.8 Å². The zero-order chi connectivity index (χ0) is 18.8. The Labute approximate surface area is 177 Å². The Morgan fingerprint density at radius 1 is 1.19 bits per heavy atom. The van der Waals surface area contributed by atoms with Crippen molar-refractivity contribution < 1.29 is 14.2 Å². The Bertz CT molecular complexity index is 714. The predicted octanol–water partition coefficient (Wildman–Crippen LogP) is 3.63. The molecule has 148 valence electrons. The van der Waals surface area contributed by atoms with Crippen LogP contribution >= 0.6 is 24.0 Å². The Hall–Kier alpha value is -1.87. The number of guanidine groups is 1. The number of ether oxygens (including phenoxy) is 1. The van der Waals surface area contributed by atoms with Crippen molar-refractivity contribution in [3.63, 3.8) is 0 Å². The molecule has 7 heteroatoms. The first-order chi connectivity index (χ1) is 12.6. The normalized spacial score (nSPS) is 12.1. The maximum absolute atomic E-state index is 13.7. The summed E-state index contributed by atoms with van der Waals surface area (Å²) in [4.78, 5) is 4.46. The topological polar surface area (TPSA) is 65.9 Å². The lowest BCUT2D eigenvalue weighted by molar-refractivity contribution is 0.168. The van der Waals surface area contributed by atoms with Crippen LogP contribution in [-0.4, -0.2) is 31.3 Å². The maximum atomic E-state index is 13.7. The van der Waals surface area contributed by atoms with Crippen molar-refractivity contribution in [2.24, 2.45) is 4.99 Å². The molecule has 0 spiro atoms.